The van der Waals surface area contributed by atoms with Crippen molar-refractivity contribution in [1.29, 1.82) is 0 Å². The highest BCUT2D eigenvalue weighted by Crippen LogP contribution is 2.15. The van der Waals surface area contributed by atoms with Crippen LogP contribution in [0.3, 0.4) is 0 Å². The summed E-state index contributed by atoms with van der Waals surface area (Å²) in [6.07, 6.45) is 3.68. The number of aliphatic hydroxyl groups excluding tert-OH is 1. The van der Waals surface area contributed by atoms with Crippen molar-refractivity contribution in [3.63, 3.8) is 0 Å². The van der Waals surface area contributed by atoms with Crippen molar-refractivity contribution in [3.8, 4) is 11.8 Å². The van der Waals surface area contributed by atoms with Gasteiger partial charge in [0.05, 0.1) is 18.0 Å². The molecule has 0 radical (unpaired) electrons. The molecule has 4 nitrogen and oxygen atoms in total. The second kappa shape index (κ2) is 6.15. The van der Waals surface area contributed by atoms with Gasteiger partial charge < -0.3 is 5.11 Å². The van der Waals surface area contributed by atoms with Crippen LogP contribution in [0.1, 0.15) is 16.2 Å². The van der Waals surface area contributed by atoms with Gasteiger partial charge in [-0.2, -0.15) is 0 Å². The van der Waals surface area contributed by atoms with E-state index < -0.39 is 0 Å². The molecule has 0 saturated heterocycles. The van der Waals surface area contributed by atoms with E-state index in [0.29, 0.717) is 13.0 Å². The fourth-order valence-corrected chi connectivity index (χ4v) is 2.29. The number of aliphatic hydroxyl groups is 1. The maximum Gasteiger partial charge on any atom is 0.347 e. The Kier molecular flexibility index (Phi) is 4.29. The van der Waals surface area contributed by atoms with Crippen molar-refractivity contribution in [2.45, 2.75) is 13.0 Å². The van der Waals surface area contributed by atoms with Crippen LogP contribution in [0.15, 0.2) is 35.4 Å². The van der Waals surface area contributed by atoms with Gasteiger partial charge in [0.25, 0.3) is 0 Å². The van der Waals surface area contributed by atoms with E-state index in [2.05, 4.69) is 16.8 Å². The number of hydrogen-bond donors (Lipinski definition) is 1. The Morgan fingerprint density at radius 2 is 2.33 bits per heavy atom. The molecule has 0 atom stereocenters. The number of rotatable bonds is 3. The van der Waals surface area contributed by atoms with E-state index in [0.717, 1.165) is 9.75 Å². The van der Waals surface area contributed by atoms with Crippen molar-refractivity contribution >= 4 is 11.3 Å². The van der Waals surface area contributed by atoms with Gasteiger partial charge in [-0.15, -0.1) is 11.3 Å². The van der Waals surface area contributed by atoms with Gasteiger partial charge in [0.15, 0.2) is 0 Å². The standard InChI is InChI=1S/C13H12N2O2S/c16-9-2-1-4-11-5-6-12(18-11)10-15-8-3-7-14-13(15)17/h3,5-8,16H,2,9-10H2. The first kappa shape index (κ1) is 12.6. The van der Waals surface area contributed by atoms with Crippen LogP contribution in [0.2, 0.25) is 0 Å². The molecule has 2 rings (SSSR count). The summed E-state index contributed by atoms with van der Waals surface area (Å²) in [5.74, 6) is 5.84. The zero-order chi connectivity index (χ0) is 12.8. The molecule has 18 heavy (non-hydrogen) atoms. The monoisotopic (exact) mass is 260 g/mol. The van der Waals surface area contributed by atoms with Crippen LogP contribution in [0.5, 0.6) is 0 Å². The average Bonchev–Trinajstić information content (AvgIpc) is 2.80. The molecular weight excluding hydrogens is 248 g/mol. The molecular formula is C13H12N2O2S. The first-order valence-electron chi connectivity index (χ1n) is 5.49. The van der Waals surface area contributed by atoms with E-state index in [1.54, 1.807) is 28.2 Å². The van der Waals surface area contributed by atoms with Gasteiger partial charge in [-0.1, -0.05) is 11.8 Å². The van der Waals surface area contributed by atoms with E-state index in [1.807, 2.05) is 12.1 Å². The summed E-state index contributed by atoms with van der Waals surface area (Å²) in [5.41, 5.74) is -0.251. The molecule has 0 aliphatic rings. The van der Waals surface area contributed by atoms with Crippen LogP contribution in [0.4, 0.5) is 0 Å². The first-order valence-corrected chi connectivity index (χ1v) is 6.31. The summed E-state index contributed by atoms with van der Waals surface area (Å²) in [6.45, 7) is 0.593. The minimum atomic E-state index is -0.251. The summed E-state index contributed by atoms with van der Waals surface area (Å²) in [4.78, 5) is 17.1. The molecule has 0 aliphatic carbocycles. The highest BCUT2D eigenvalue weighted by atomic mass is 32.1. The Morgan fingerprint density at radius 3 is 3.11 bits per heavy atom. The highest BCUT2D eigenvalue weighted by molar-refractivity contribution is 7.12. The maximum atomic E-state index is 11.4. The summed E-state index contributed by atoms with van der Waals surface area (Å²) in [5, 5.41) is 8.63. The van der Waals surface area contributed by atoms with E-state index >= 15 is 0 Å². The summed E-state index contributed by atoms with van der Waals surface area (Å²) in [6, 6.07) is 5.61. The number of aromatic nitrogens is 2. The van der Waals surface area contributed by atoms with Crippen molar-refractivity contribution in [2.75, 3.05) is 6.61 Å². The smallest absolute Gasteiger partial charge is 0.347 e. The van der Waals surface area contributed by atoms with Crippen molar-refractivity contribution in [2.24, 2.45) is 0 Å². The fourth-order valence-electron chi connectivity index (χ4n) is 1.41. The van der Waals surface area contributed by atoms with Crippen molar-refractivity contribution < 1.29 is 5.11 Å². The largest absolute Gasteiger partial charge is 0.395 e. The van der Waals surface area contributed by atoms with Crippen LogP contribution in [0, 0.1) is 11.8 Å². The van der Waals surface area contributed by atoms with Crippen LogP contribution in [0.25, 0.3) is 0 Å². The van der Waals surface area contributed by atoms with E-state index in [1.165, 1.54) is 6.20 Å². The summed E-state index contributed by atoms with van der Waals surface area (Å²) in [7, 11) is 0. The molecule has 5 heteroatoms. The second-order valence-electron chi connectivity index (χ2n) is 3.57. The van der Waals surface area contributed by atoms with Crippen LogP contribution in [-0.2, 0) is 6.54 Å². The average molecular weight is 260 g/mol. The predicted octanol–water partition coefficient (Wildman–Crippen LogP) is 1.09. The number of nitrogens with zero attached hydrogens (tertiary/aromatic N) is 2. The van der Waals surface area contributed by atoms with E-state index in [9.17, 15) is 4.79 Å². The van der Waals surface area contributed by atoms with Crippen molar-refractivity contribution in [1.82, 2.24) is 9.55 Å². The lowest BCUT2D eigenvalue weighted by Gasteiger charge is -2.00. The zero-order valence-electron chi connectivity index (χ0n) is 9.67. The molecule has 0 amide bonds. The molecule has 0 aliphatic heterocycles. The first-order chi connectivity index (χ1) is 8.79. The molecule has 0 saturated carbocycles. The SMILES string of the molecule is O=c1ncccn1Cc1ccc(C#CCCO)s1. The number of thiophene rings is 1. The van der Waals surface area contributed by atoms with Gasteiger partial charge in [0.2, 0.25) is 0 Å². The van der Waals surface area contributed by atoms with Crippen LogP contribution < -0.4 is 5.69 Å². The molecule has 2 heterocycles. The van der Waals surface area contributed by atoms with Crippen LogP contribution >= 0.6 is 11.3 Å². The highest BCUT2D eigenvalue weighted by Gasteiger charge is 2.00. The van der Waals surface area contributed by atoms with Gasteiger partial charge >= 0.3 is 5.69 Å². The van der Waals surface area contributed by atoms with Gasteiger partial charge in [-0.25, -0.2) is 9.78 Å². The van der Waals surface area contributed by atoms with Gasteiger partial charge in [0, 0.05) is 23.7 Å². The Morgan fingerprint density at radius 1 is 1.44 bits per heavy atom. The zero-order valence-corrected chi connectivity index (χ0v) is 10.5. The molecule has 2 aromatic heterocycles. The third kappa shape index (κ3) is 3.29. The minimum Gasteiger partial charge on any atom is -0.395 e. The molecule has 2 aromatic rings. The quantitative estimate of drug-likeness (QED) is 0.840. The Balaban J connectivity index is 2.10. The third-order valence-corrected chi connectivity index (χ3v) is 3.20. The predicted molar refractivity (Wildman–Crippen MR) is 70.5 cm³/mol. The Hall–Kier alpha value is -1.90. The minimum absolute atomic E-state index is 0.0797. The van der Waals surface area contributed by atoms with E-state index in [-0.39, 0.29) is 12.3 Å². The van der Waals surface area contributed by atoms with Crippen molar-refractivity contribution in [3.05, 3.63) is 50.8 Å². The molecule has 1 N–H and O–H groups in total. The van der Waals surface area contributed by atoms with Gasteiger partial charge in [-0.3, -0.25) is 4.57 Å². The Bertz CT molecular complexity index is 634. The van der Waals surface area contributed by atoms with Gasteiger partial charge in [-0.05, 0) is 18.2 Å². The Labute approximate surface area is 109 Å². The topological polar surface area (TPSA) is 55.1 Å². The molecule has 92 valence electrons. The second-order valence-corrected chi connectivity index (χ2v) is 4.74. The molecule has 0 unspecified atom stereocenters. The third-order valence-electron chi connectivity index (χ3n) is 2.22. The number of hydrogen-bond acceptors (Lipinski definition) is 4. The molecule has 0 bridgehead atoms. The summed E-state index contributed by atoms with van der Waals surface area (Å²) < 4.78 is 1.55. The lowest BCUT2D eigenvalue weighted by molar-refractivity contribution is 0.305. The van der Waals surface area contributed by atoms with E-state index in [4.69, 9.17) is 5.11 Å². The lowest BCUT2D eigenvalue weighted by Crippen LogP contribution is -2.21. The molecule has 0 spiro atoms. The molecule has 0 fully saturated rings. The molecule has 0 aromatic carbocycles. The lowest BCUT2D eigenvalue weighted by atomic mass is 10.4. The normalized spacial score (nSPS) is 9.83. The fraction of sp³-hybridized carbons (Fsp3) is 0.231. The maximum absolute atomic E-state index is 11.4. The van der Waals surface area contributed by atoms with Crippen LogP contribution in [-0.4, -0.2) is 21.3 Å². The summed E-state index contributed by atoms with van der Waals surface area (Å²) >= 11 is 1.54. The van der Waals surface area contributed by atoms with Gasteiger partial charge in [0.1, 0.15) is 0 Å².